The van der Waals surface area contributed by atoms with E-state index in [0.29, 0.717) is 11.8 Å². The van der Waals surface area contributed by atoms with E-state index < -0.39 is 0 Å². The van der Waals surface area contributed by atoms with Crippen molar-refractivity contribution in [3.63, 3.8) is 0 Å². The van der Waals surface area contributed by atoms with Crippen LogP contribution in [0, 0.1) is 0 Å². The van der Waals surface area contributed by atoms with Crippen molar-refractivity contribution in [1.29, 1.82) is 0 Å². The average molecular weight is 319 g/mol. The van der Waals surface area contributed by atoms with E-state index in [1.807, 2.05) is 16.3 Å². The monoisotopic (exact) mass is 318 g/mol. The molecular formula is C14H23ClN2O2S. The van der Waals surface area contributed by atoms with Gasteiger partial charge in [-0.2, -0.15) is 0 Å². The van der Waals surface area contributed by atoms with Crippen molar-refractivity contribution in [2.75, 3.05) is 26.7 Å². The summed E-state index contributed by atoms with van der Waals surface area (Å²) in [5.74, 6) is 0.825. The molecular weight excluding hydrogens is 296 g/mol. The number of hydrogen-bond donors (Lipinski definition) is 1. The molecule has 0 saturated carbocycles. The van der Waals surface area contributed by atoms with Crippen LogP contribution in [-0.4, -0.2) is 43.6 Å². The highest BCUT2D eigenvalue weighted by Gasteiger charge is 2.27. The summed E-state index contributed by atoms with van der Waals surface area (Å²) in [6.07, 6.45) is 3.07. The van der Waals surface area contributed by atoms with Crippen molar-refractivity contribution in [3.05, 3.63) is 16.3 Å². The third kappa shape index (κ3) is 3.87. The fourth-order valence-corrected chi connectivity index (χ4v) is 3.37. The first-order valence-electron chi connectivity index (χ1n) is 6.91. The van der Waals surface area contributed by atoms with Crippen LogP contribution in [0.1, 0.15) is 35.9 Å². The Labute approximate surface area is 130 Å². The van der Waals surface area contributed by atoms with Crippen LogP contribution < -0.4 is 10.1 Å². The van der Waals surface area contributed by atoms with E-state index in [2.05, 4.69) is 12.2 Å². The highest BCUT2D eigenvalue weighted by molar-refractivity contribution is 7.12. The normalized spacial score (nSPS) is 15.5. The van der Waals surface area contributed by atoms with Gasteiger partial charge >= 0.3 is 0 Å². The summed E-state index contributed by atoms with van der Waals surface area (Å²) in [7, 11) is 1.62. The summed E-state index contributed by atoms with van der Waals surface area (Å²) in [4.78, 5) is 15.5. The summed E-state index contributed by atoms with van der Waals surface area (Å²) in [5, 5.41) is 5.26. The van der Waals surface area contributed by atoms with E-state index in [9.17, 15) is 4.79 Å². The van der Waals surface area contributed by atoms with Gasteiger partial charge in [-0.05, 0) is 43.8 Å². The Bertz CT molecular complexity index is 419. The summed E-state index contributed by atoms with van der Waals surface area (Å²) in [6, 6.07) is 2.23. The molecule has 2 heterocycles. The molecule has 0 aliphatic carbocycles. The molecule has 20 heavy (non-hydrogen) atoms. The first kappa shape index (κ1) is 17.3. The van der Waals surface area contributed by atoms with Gasteiger partial charge in [-0.15, -0.1) is 23.7 Å². The predicted octanol–water partition coefficient (Wildman–Crippen LogP) is 2.78. The second kappa shape index (κ2) is 8.49. The molecule has 0 unspecified atom stereocenters. The topological polar surface area (TPSA) is 41.6 Å². The minimum Gasteiger partial charge on any atom is -0.495 e. The molecule has 0 atom stereocenters. The number of ether oxygens (including phenoxy) is 1. The number of amides is 1. The Kier molecular flexibility index (Phi) is 7.34. The molecule has 1 aromatic rings. The van der Waals surface area contributed by atoms with Gasteiger partial charge in [0.2, 0.25) is 0 Å². The number of halogens is 1. The molecule has 1 aliphatic rings. The first-order valence-corrected chi connectivity index (χ1v) is 7.79. The maximum absolute atomic E-state index is 12.7. The number of carbonyl (C=O) groups excluding carboxylic acids is 1. The van der Waals surface area contributed by atoms with E-state index in [1.165, 1.54) is 11.3 Å². The van der Waals surface area contributed by atoms with Crippen molar-refractivity contribution in [2.24, 2.45) is 0 Å². The molecule has 0 aromatic carbocycles. The number of nitrogens with one attached hydrogen (secondary N) is 1. The SMILES string of the molecule is CCCN(C(=O)c1sccc1OC)C1CCNCC1.Cl. The molecule has 2 rings (SSSR count). The fourth-order valence-electron chi connectivity index (χ4n) is 2.55. The molecule has 0 radical (unpaired) electrons. The lowest BCUT2D eigenvalue weighted by molar-refractivity contribution is 0.0644. The van der Waals surface area contributed by atoms with Crippen LogP contribution in [0.5, 0.6) is 5.75 Å². The van der Waals surface area contributed by atoms with Gasteiger partial charge in [-0.25, -0.2) is 0 Å². The zero-order chi connectivity index (χ0) is 13.7. The fraction of sp³-hybridized carbons (Fsp3) is 0.643. The lowest BCUT2D eigenvalue weighted by atomic mass is 10.0. The molecule has 1 amide bonds. The van der Waals surface area contributed by atoms with Crippen LogP contribution in [0.4, 0.5) is 0 Å². The van der Waals surface area contributed by atoms with Gasteiger partial charge in [0.15, 0.2) is 0 Å². The van der Waals surface area contributed by atoms with Crippen molar-refractivity contribution >= 4 is 29.7 Å². The summed E-state index contributed by atoms with van der Waals surface area (Å²) < 4.78 is 5.27. The van der Waals surface area contributed by atoms with Crippen molar-refractivity contribution < 1.29 is 9.53 Å². The molecule has 6 heteroatoms. The number of methoxy groups -OCH3 is 1. The number of piperidine rings is 1. The third-order valence-corrected chi connectivity index (χ3v) is 4.40. The van der Waals surface area contributed by atoms with Crippen LogP contribution in [0.15, 0.2) is 11.4 Å². The van der Waals surface area contributed by atoms with E-state index >= 15 is 0 Å². The summed E-state index contributed by atoms with van der Waals surface area (Å²) in [6.45, 7) is 4.94. The second-order valence-electron chi connectivity index (χ2n) is 4.80. The minimum atomic E-state index is 0. The van der Waals surface area contributed by atoms with E-state index in [1.54, 1.807) is 7.11 Å². The maximum Gasteiger partial charge on any atom is 0.267 e. The van der Waals surface area contributed by atoms with Crippen molar-refractivity contribution in [2.45, 2.75) is 32.2 Å². The first-order chi connectivity index (χ1) is 9.27. The van der Waals surface area contributed by atoms with Gasteiger partial charge in [-0.1, -0.05) is 6.92 Å². The molecule has 0 bridgehead atoms. The van der Waals surface area contributed by atoms with Gasteiger partial charge in [0.25, 0.3) is 5.91 Å². The minimum absolute atomic E-state index is 0. The smallest absolute Gasteiger partial charge is 0.267 e. The molecule has 1 aliphatic heterocycles. The summed E-state index contributed by atoms with van der Waals surface area (Å²) in [5.41, 5.74) is 0. The molecule has 4 nitrogen and oxygen atoms in total. The molecule has 0 spiro atoms. The average Bonchev–Trinajstić information content (AvgIpc) is 2.93. The molecule has 1 saturated heterocycles. The van der Waals surface area contributed by atoms with Crippen molar-refractivity contribution in [3.8, 4) is 5.75 Å². The zero-order valence-corrected chi connectivity index (χ0v) is 13.7. The van der Waals surface area contributed by atoms with E-state index in [-0.39, 0.29) is 18.3 Å². The quantitative estimate of drug-likeness (QED) is 0.907. The number of thiophene rings is 1. The van der Waals surface area contributed by atoms with Crippen LogP contribution >= 0.6 is 23.7 Å². The van der Waals surface area contributed by atoms with Crippen LogP contribution in [0.2, 0.25) is 0 Å². The van der Waals surface area contributed by atoms with Crippen LogP contribution in [0.25, 0.3) is 0 Å². The summed E-state index contributed by atoms with van der Waals surface area (Å²) >= 11 is 1.47. The van der Waals surface area contributed by atoms with Gasteiger partial charge in [-0.3, -0.25) is 4.79 Å². The molecule has 1 aromatic heterocycles. The van der Waals surface area contributed by atoms with E-state index in [0.717, 1.165) is 43.8 Å². The molecule has 1 fully saturated rings. The number of rotatable bonds is 5. The Balaban J connectivity index is 0.00000200. The standard InChI is InChI=1S/C14H22N2O2S.ClH/c1-3-9-16(11-4-7-15-8-5-11)14(17)13-12(18-2)6-10-19-13;/h6,10-11,15H,3-5,7-9H2,1-2H3;1H. The second-order valence-corrected chi connectivity index (χ2v) is 5.71. The van der Waals surface area contributed by atoms with Crippen LogP contribution in [0.3, 0.4) is 0 Å². The van der Waals surface area contributed by atoms with Gasteiger partial charge in [0, 0.05) is 12.6 Å². The lowest BCUT2D eigenvalue weighted by Gasteiger charge is -2.34. The highest BCUT2D eigenvalue weighted by Crippen LogP contribution is 2.27. The lowest BCUT2D eigenvalue weighted by Crippen LogP contribution is -2.46. The Morgan fingerprint density at radius 1 is 1.50 bits per heavy atom. The van der Waals surface area contributed by atoms with Crippen molar-refractivity contribution in [1.82, 2.24) is 10.2 Å². The van der Waals surface area contributed by atoms with Gasteiger partial charge in [0.1, 0.15) is 10.6 Å². The zero-order valence-electron chi connectivity index (χ0n) is 12.1. The molecule has 1 N–H and O–H groups in total. The van der Waals surface area contributed by atoms with Crippen LogP contribution in [-0.2, 0) is 0 Å². The van der Waals surface area contributed by atoms with Gasteiger partial charge < -0.3 is 15.0 Å². The largest absolute Gasteiger partial charge is 0.495 e. The molecule has 114 valence electrons. The maximum atomic E-state index is 12.7. The Morgan fingerprint density at radius 3 is 2.80 bits per heavy atom. The van der Waals surface area contributed by atoms with E-state index in [4.69, 9.17) is 4.74 Å². The third-order valence-electron chi connectivity index (χ3n) is 3.52. The Hall–Kier alpha value is -0.780. The Morgan fingerprint density at radius 2 is 2.20 bits per heavy atom. The number of carbonyl (C=O) groups is 1. The van der Waals surface area contributed by atoms with Gasteiger partial charge in [0.05, 0.1) is 7.11 Å². The predicted molar refractivity (Wildman–Crippen MR) is 85.3 cm³/mol. The number of hydrogen-bond acceptors (Lipinski definition) is 4. The number of nitrogens with zero attached hydrogens (tertiary/aromatic N) is 1. The highest BCUT2D eigenvalue weighted by atomic mass is 35.5.